The molecule has 1 saturated heterocycles. The summed E-state index contributed by atoms with van der Waals surface area (Å²) in [5, 5.41) is 7.00. The van der Waals surface area contributed by atoms with Gasteiger partial charge in [-0.05, 0) is 54.8 Å². The summed E-state index contributed by atoms with van der Waals surface area (Å²) in [7, 11) is -3.91. The van der Waals surface area contributed by atoms with Gasteiger partial charge in [0.1, 0.15) is 6.04 Å². The van der Waals surface area contributed by atoms with Gasteiger partial charge in [-0.25, -0.2) is 18.5 Å². The molecule has 1 aliphatic rings. The lowest BCUT2D eigenvalue weighted by Crippen LogP contribution is -2.45. The highest BCUT2D eigenvalue weighted by Crippen LogP contribution is 2.29. The van der Waals surface area contributed by atoms with Crippen LogP contribution in [-0.4, -0.2) is 37.1 Å². The highest BCUT2D eigenvalue weighted by molar-refractivity contribution is 7.89. The Kier molecular flexibility index (Phi) is 6.15. The van der Waals surface area contributed by atoms with E-state index in [0.717, 1.165) is 15.3 Å². The molecule has 170 valence electrons. The maximum absolute atomic E-state index is 13.4. The quantitative estimate of drug-likeness (QED) is 0.541. The maximum Gasteiger partial charge on any atom is 0.257 e. The number of aryl methyl sites for hydroxylation is 1. The second-order valence-electron chi connectivity index (χ2n) is 7.70. The Labute approximate surface area is 195 Å². The second kappa shape index (κ2) is 8.89. The largest absolute Gasteiger partial charge is 0.321 e. The highest BCUT2D eigenvalue weighted by atomic mass is 32.2. The highest BCUT2D eigenvalue weighted by Gasteiger charge is 2.44. The van der Waals surface area contributed by atoms with Crippen LogP contribution in [0.3, 0.4) is 0 Å². The molecule has 3 amide bonds. The van der Waals surface area contributed by atoms with E-state index in [1.807, 2.05) is 36.6 Å². The van der Waals surface area contributed by atoms with Crippen molar-refractivity contribution in [1.82, 2.24) is 4.90 Å². The zero-order valence-corrected chi connectivity index (χ0v) is 19.3. The number of nitrogens with zero attached hydrogens (tertiary/aromatic N) is 2. The summed E-state index contributed by atoms with van der Waals surface area (Å²) in [6.07, 6.45) is -0.168. The van der Waals surface area contributed by atoms with E-state index in [-0.39, 0.29) is 29.5 Å². The van der Waals surface area contributed by atoms with Crippen LogP contribution in [0.1, 0.15) is 27.2 Å². The zero-order valence-electron chi connectivity index (χ0n) is 17.7. The molecule has 1 aromatic heterocycles. The monoisotopic (exact) mass is 483 g/mol. The number of thiophene rings is 1. The molecule has 4 rings (SSSR count). The number of anilines is 1. The van der Waals surface area contributed by atoms with E-state index in [2.05, 4.69) is 0 Å². The molecule has 1 unspecified atom stereocenters. The van der Waals surface area contributed by atoms with E-state index in [1.54, 1.807) is 12.1 Å². The number of carbonyl (C=O) groups is 3. The third kappa shape index (κ3) is 4.72. The summed E-state index contributed by atoms with van der Waals surface area (Å²) in [4.78, 5) is 42.7. The molecular formula is C23H21N3O5S2. The predicted molar refractivity (Wildman–Crippen MR) is 124 cm³/mol. The minimum atomic E-state index is -3.91. The number of nitrogens with two attached hydrogens (primary N) is 1. The molecule has 1 aliphatic heterocycles. The average molecular weight is 484 g/mol. The van der Waals surface area contributed by atoms with Gasteiger partial charge in [0, 0.05) is 10.4 Å². The minimum absolute atomic E-state index is 0.129. The predicted octanol–water partition coefficient (Wildman–Crippen LogP) is 2.68. The number of primary sulfonamides is 1. The molecule has 10 heteroatoms. The smallest absolute Gasteiger partial charge is 0.257 e. The molecule has 0 bridgehead atoms. The summed E-state index contributed by atoms with van der Waals surface area (Å²) in [6, 6.07) is 14.9. The van der Waals surface area contributed by atoms with Crippen molar-refractivity contribution < 1.29 is 22.8 Å². The molecule has 33 heavy (non-hydrogen) atoms. The van der Waals surface area contributed by atoms with Gasteiger partial charge in [0.05, 0.1) is 23.5 Å². The van der Waals surface area contributed by atoms with Gasteiger partial charge in [-0.2, -0.15) is 0 Å². The van der Waals surface area contributed by atoms with Gasteiger partial charge in [-0.1, -0.05) is 23.8 Å². The molecule has 2 N–H and O–H groups in total. The van der Waals surface area contributed by atoms with Crippen LogP contribution in [0, 0.1) is 6.92 Å². The Bertz CT molecular complexity index is 1300. The second-order valence-corrected chi connectivity index (χ2v) is 10.3. The molecule has 3 aromatic rings. The van der Waals surface area contributed by atoms with Gasteiger partial charge >= 0.3 is 0 Å². The van der Waals surface area contributed by atoms with Crippen LogP contribution in [0.5, 0.6) is 0 Å². The number of sulfonamides is 1. The number of carbonyl (C=O) groups excluding carboxylic acids is 3. The van der Waals surface area contributed by atoms with E-state index < -0.39 is 27.9 Å². The zero-order chi connectivity index (χ0) is 23.8. The van der Waals surface area contributed by atoms with Gasteiger partial charge in [-0.3, -0.25) is 14.4 Å². The fraction of sp³-hybridized carbons (Fsp3) is 0.174. The Morgan fingerprint density at radius 3 is 2.33 bits per heavy atom. The SMILES string of the molecule is Cc1ccc(C(=O)N(Cc2cccs2)C2CC(=O)N(c3ccc(S(N)(=O)=O)cc3)C2=O)cc1. The normalized spacial score (nSPS) is 16.3. The van der Waals surface area contributed by atoms with Crippen LogP contribution >= 0.6 is 11.3 Å². The van der Waals surface area contributed by atoms with Crippen molar-refractivity contribution in [2.75, 3.05) is 4.90 Å². The molecule has 8 nitrogen and oxygen atoms in total. The molecule has 2 heterocycles. The molecule has 0 saturated carbocycles. The summed E-state index contributed by atoms with van der Waals surface area (Å²) in [5.41, 5.74) is 1.64. The number of hydrogen-bond donors (Lipinski definition) is 1. The summed E-state index contributed by atoms with van der Waals surface area (Å²) in [6.45, 7) is 2.10. The van der Waals surface area contributed by atoms with E-state index >= 15 is 0 Å². The van der Waals surface area contributed by atoms with Crippen LogP contribution in [0.4, 0.5) is 5.69 Å². The standard InChI is InChI=1S/C23H21N3O5S2/c1-15-4-6-16(7-5-15)22(28)25(14-18-3-2-12-32-18)20-13-21(27)26(23(20)29)17-8-10-19(11-9-17)33(24,30)31/h2-12,20H,13-14H2,1H3,(H2,24,30,31). The van der Waals surface area contributed by atoms with Crippen molar-refractivity contribution in [2.45, 2.75) is 30.8 Å². The molecule has 2 aromatic carbocycles. The Hall–Kier alpha value is -3.34. The van der Waals surface area contributed by atoms with Crippen molar-refractivity contribution in [3.8, 4) is 0 Å². The number of benzene rings is 2. The van der Waals surface area contributed by atoms with Gasteiger partial charge in [0.2, 0.25) is 15.9 Å². The van der Waals surface area contributed by atoms with Crippen LogP contribution < -0.4 is 10.0 Å². The van der Waals surface area contributed by atoms with E-state index in [9.17, 15) is 22.8 Å². The maximum atomic E-state index is 13.4. The molecular weight excluding hydrogens is 462 g/mol. The molecule has 0 aliphatic carbocycles. The van der Waals surface area contributed by atoms with E-state index in [0.29, 0.717) is 5.56 Å². The lowest BCUT2D eigenvalue weighted by Gasteiger charge is -2.27. The van der Waals surface area contributed by atoms with Crippen molar-refractivity contribution >= 4 is 44.8 Å². The Balaban J connectivity index is 1.66. The minimum Gasteiger partial charge on any atom is -0.321 e. The first-order chi connectivity index (χ1) is 15.6. The Morgan fingerprint density at radius 2 is 1.76 bits per heavy atom. The van der Waals surface area contributed by atoms with Crippen molar-refractivity contribution in [1.29, 1.82) is 0 Å². The summed E-state index contributed by atoms with van der Waals surface area (Å²) in [5.74, 6) is -1.36. The van der Waals surface area contributed by atoms with E-state index in [1.165, 1.54) is 40.5 Å². The molecule has 1 atom stereocenters. The third-order valence-corrected chi connectivity index (χ3v) is 7.18. The summed E-state index contributed by atoms with van der Waals surface area (Å²) < 4.78 is 23.0. The van der Waals surface area contributed by atoms with Crippen molar-refractivity contribution in [3.63, 3.8) is 0 Å². The average Bonchev–Trinajstić information content (AvgIpc) is 3.39. The molecule has 1 fully saturated rings. The number of rotatable bonds is 6. The lowest BCUT2D eigenvalue weighted by atomic mass is 10.1. The van der Waals surface area contributed by atoms with Crippen LogP contribution in [-0.2, 0) is 26.2 Å². The van der Waals surface area contributed by atoms with Crippen molar-refractivity contribution in [3.05, 3.63) is 82.0 Å². The van der Waals surface area contributed by atoms with Gasteiger partial charge in [-0.15, -0.1) is 11.3 Å². The summed E-state index contributed by atoms with van der Waals surface area (Å²) >= 11 is 1.46. The van der Waals surface area contributed by atoms with Crippen LogP contribution in [0.15, 0.2) is 70.9 Å². The first kappa shape index (κ1) is 22.8. The van der Waals surface area contributed by atoms with E-state index in [4.69, 9.17) is 5.14 Å². The van der Waals surface area contributed by atoms with Crippen molar-refractivity contribution in [2.24, 2.45) is 5.14 Å². The van der Waals surface area contributed by atoms with Gasteiger partial charge in [0.15, 0.2) is 0 Å². The third-order valence-electron chi connectivity index (χ3n) is 5.39. The first-order valence-corrected chi connectivity index (χ1v) is 12.5. The van der Waals surface area contributed by atoms with Crippen LogP contribution in [0.2, 0.25) is 0 Å². The number of amides is 3. The van der Waals surface area contributed by atoms with Gasteiger partial charge < -0.3 is 4.90 Å². The lowest BCUT2D eigenvalue weighted by molar-refractivity contribution is -0.122. The fourth-order valence-corrected chi connectivity index (χ4v) is 4.89. The number of imide groups is 1. The van der Waals surface area contributed by atoms with Gasteiger partial charge in [0.25, 0.3) is 11.8 Å². The first-order valence-electron chi connectivity index (χ1n) is 10.0. The number of hydrogen-bond acceptors (Lipinski definition) is 6. The Morgan fingerprint density at radius 1 is 1.09 bits per heavy atom. The fourth-order valence-electron chi connectivity index (χ4n) is 3.67. The molecule has 0 radical (unpaired) electrons. The molecule has 0 spiro atoms. The van der Waals surface area contributed by atoms with Crippen LogP contribution in [0.25, 0.3) is 0 Å². The topological polar surface area (TPSA) is 118 Å².